The number of benzene rings is 1. The fraction of sp³-hybridized carbons (Fsp3) is 0.684. The Morgan fingerprint density at radius 2 is 1.44 bits per heavy atom. The summed E-state index contributed by atoms with van der Waals surface area (Å²) in [7, 11) is 0. The smallest absolute Gasteiger partial charge is 0.325 e. The summed E-state index contributed by atoms with van der Waals surface area (Å²) in [5.74, 6) is -3.36. The van der Waals surface area contributed by atoms with Gasteiger partial charge in [0.1, 0.15) is 25.2 Å². The van der Waals surface area contributed by atoms with Crippen molar-refractivity contribution in [2.75, 3.05) is 13.1 Å². The van der Waals surface area contributed by atoms with E-state index in [2.05, 4.69) is 29.8 Å². The van der Waals surface area contributed by atoms with Crippen molar-refractivity contribution in [2.24, 2.45) is 17.1 Å². The van der Waals surface area contributed by atoms with Gasteiger partial charge in [-0.25, -0.2) is 4.79 Å². The van der Waals surface area contributed by atoms with E-state index in [0.717, 1.165) is 18.4 Å². The molecule has 5 amide bonds. The fourth-order valence-corrected chi connectivity index (χ4v) is 4.60. The molecule has 12 nitrogen and oxygen atoms in total. The van der Waals surface area contributed by atoms with Gasteiger partial charge in [-0.15, -0.1) is 0 Å². The summed E-state index contributed by atoms with van der Waals surface area (Å²) in [6.45, 7) is 17.5. The van der Waals surface area contributed by atoms with Gasteiger partial charge < -0.3 is 31.3 Å². The average molecular weight is 704 g/mol. The van der Waals surface area contributed by atoms with Crippen molar-refractivity contribution in [3.63, 3.8) is 0 Å². The van der Waals surface area contributed by atoms with E-state index in [1.165, 1.54) is 30.6 Å². The first-order valence-corrected chi connectivity index (χ1v) is 18.5. The van der Waals surface area contributed by atoms with Crippen LogP contribution in [0.3, 0.4) is 0 Å². The Morgan fingerprint density at radius 3 is 1.92 bits per heavy atom. The molecule has 3 fully saturated rings. The lowest BCUT2D eigenvalue weighted by Gasteiger charge is -2.35. The molecule has 2 unspecified atom stereocenters. The van der Waals surface area contributed by atoms with Crippen molar-refractivity contribution in [2.45, 2.75) is 145 Å². The third-order valence-corrected chi connectivity index (χ3v) is 7.36. The quantitative estimate of drug-likeness (QED) is 0.166. The SMILES string of the molecule is C1CC1.CC.CC.CC(C)(C)C(NC(=O)NCC(=O)OCc1ccccc1)C(=O)N1CCC[C@H]1C(=O)NC(CC1CC1)C(=O)C(N)=O.CCC. The first-order chi connectivity index (χ1) is 23.8. The number of likely N-dealkylation sites (tertiary alicyclic amines) is 1. The fourth-order valence-electron chi connectivity index (χ4n) is 4.60. The number of primary amides is 1. The third-order valence-electron chi connectivity index (χ3n) is 7.36. The van der Waals surface area contributed by atoms with Gasteiger partial charge in [0, 0.05) is 6.54 Å². The molecule has 12 heteroatoms. The number of esters is 1. The van der Waals surface area contributed by atoms with Gasteiger partial charge in [0.2, 0.25) is 17.6 Å². The van der Waals surface area contributed by atoms with Gasteiger partial charge in [0.25, 0.3) is 5.91 Å². The van der Waals surface area contributed by atoms with Gasteiger partial charge in [-0.2, -0.15) is 0 Å². The lowest BCUT2D eigenvalue weighted by molar-refractivity contribution is -0.143. The topological polar surface area (TPSA) is 177 Å². The zero-order chi connectivity index (χ0) is 38.3. The maximum absolute atomic E-state index is 13.6. The summed E-state index contributed by atoms with van der Waals surface area (Å²) in [4.78, 5) is 76.7. The minimum atomic E-state index is -1.11. The van der Waals surface area contributed by atoms with Crippen molar-refractivity contribution in [3.05, 3.63) is 35.9 Å². The van der Waals surface area contributed by atoms with Gasteiger partial charge in [-0.05, 0) is 36.2 Å². The number of ether oxygens (including phenoxy) is 1. The number of amides is 5. The predicted octanol–water partition coefficient (Wildman–Crippen LogP) is 5.41. The van der Waals surface area contributed by atoms with Crippen LogP contribution in [0.1, 0.15) is 126 Å². The molecule has 2 aliphatic carbocycles. The molecule has 1 aromatic carbocycles. The number of hydrogen-bond acceptors (Lipinski definition) is 7. The highest BCUT2D eigenvalue weighted by atomic mass is 16.5. The molecule has 1 aromatic rings. The van der Waals surface area contributed by atoms with Gasteiger partial charge in [0.05, 0.1) is 6.04 Å². The monoisotopic (exact) mass is 703 g/mol. The van der Waals surface area contributed by atoms with Crippen LogP contribution in [0.5, 0.6) is 0 Å². The molecule has 2 saturated carbocycles. The van der Waals surface area contributed by atoms with Crippen LogP contribution in [-0.4, -0.2) is 71.6 Å². The van der Waals surface area contributed by atoms with Crippen LogP contribution in [0.15, 0.2) is 30.3 Å². The Kier molecular flexibility index (Phi) is 23.1. The second-order valence-electron chi connectivity index (χ2n) is 13.2. The molecule has 1 saturated heterocycles. The Morgan fingerprint density at radius 1 is 0.880 bits per heavy atom. The van der Waals surface area contributed by atoms with Crippen LogP contribution >= 0.6 is 0 Å². The molecule has 5 N–H and O–H groups in total. The van der Waals surface area contributed by atoms with E-state index in [1.54, 1.807) is 20.8 Å². The van der Waals surface area contributed by atoms with Crippen molar-refractivity contribution in [1.82, 2.24) is 20.9 Å². The minimum Gasteiger partial charge on any atom is -0.460 e. The van der Waals surface area contributed by atoms with Crippen LogP contribution in [0.25, 0.3) is 0 Å². The van der Waals surface area contributed by atoms with E-state index in [9.17, 15) is 28.8 Å². The molecule has 3 atom stereocenters. The van der Waals surface area contributed by atoms with Gasteiger partial charge in [-0.3, -0.25) is 24.0 Å². The van der Waals surface area contributed by atoms with E-state index >= 15 is 0 Å². The summed E-state index contributed by atoms with van der Waals surface area (Å²) >= 11 is 0. The molecule has 1 aliphatic heterocycles. The molecule has 0 spiro atoms. The number of nitrogens with zero attached hydrogens (tertiary/aromatic N) is 1. The van der Waals surface area contributed by atoms with Crippen LogP contribution in [0.2, 0.25) is 0 Å². The van der Waals surface area contributed by atoms with Gasteiger partial charge >= 0.3 is 12.0 Å². The summed E-state index contributed by atoms with van der Waals surface area (Å²) in [5, 5.41) is 7.69. The zero-order valence-corrected chi connectivity index (χ0v) is 32.1. The zero-order valence-electron chi connectivity index (χ0n) is 32.1. The molecule has 3 aliphatic rings. The van der Waals surface area contributed by atoms with E-state index < -0.39 is 65.6 Å². The average Bonchev–Trinajstić information content (AvgIpc) is 4.06. The lowest BCUT2D eigenvalue weighted by Crippen LogP contribution is -2.60. The van der Waals surface area contributed by atoms with Gasteiger partial charge in [-0.1, -0.05) is 131 Å². The molecular weight excluding hydrogens is 638 g/mol. The normalized spacial score (nSPS) is 16.7. The van der Waals surface area contributed by atoms with Crippen molar-refractivity contribution in [3.8, 4) is 0 Å². The predicted molar refractivity (Wildman–Crippen MR) is 197 cm³/mol. The summed E-state index contributed by atoms with van der Waals surface area (Å²) < 4.78 is 5.16. The number of carbonyl (C=O) groups excluding carboxylic acids is 6. The molecule has 0 radical (unpaired) electrons. The van der Waals surface area contributed by atoms with E-state index in [-0.39, 0.29) is 19.1 Å². The number of urea groups is 1. The maximum Gasteiger partial charge on any atom is 0.325 e. The first-order valence-electron chi connectivity index (χ1n) is 18.5. The maximum atomic E-state index is 13.6. The second-order valence-corrected chi connectivity index (χ2v) is 13.2. The molecule has 50 heavy (non-hydrogen) atoms. The third kappa shape index (κ3) is 18.7. The van der Waals surface area contributed by atoms with Crippen LogP contribution < -0.4 is 21.7 Å². The lowest BCUT2D eigenvalue weighted by atomic mass is 9.85. The van der Waals surface area contributed by atoms with E-state index in [0.29, 0.717) is 19.3 Å². The van der Waals surface area contributed by atoms with Crippen LogP contribution in [0, 0.1) is 11.3 Å². The summed E-state index contributed by atoms with van der Waals surface area (Å²) in [6, 6.07) is 5.45. The molecule has 1 heterocycles. The van der Waals surface area contributed by atoms with Crippen molar-refractivity contribution < 1.29 is 33.5 Å². The number of hydrogen-bond donors (Lipinski definition) is 4. The standard InChI is InChI=1S/C28H39N5O7.C3H6.C3H8.2C2H6/c1-28(2,3)23(32-27(39)30-15-21(34)40-16-18-8-5-4-6-9-18)26(38)33-13-7-10-20(33)25(37)31-19(14-17-11-12-17)22(35)24(29)36;1-2-3-1;1-3-2;2*1-2/h4-6,8-9,17,19-20,23H,7,10-16H2,1-3H3,(H2,29,36)(H,31,37)(H2,30,32,39);1-3H2;3H2,1-2H3;2*1-2H3/t19?,20-,23?;;;;/m0..../s1. The van der Waals surface area contributed by atoms with Crippen LogP contribution in [-0.2, 0) is 35.3 Å². The highest BCUT2D eigenvalue weighted by Crippen LogP contribution is 2.34. The van der Waals surface area contributed by atoms with Crippen molar-refractivity contribution in [1.29, 1.82) is 0 Å². The van der Waals surface area contributed by atoms with Gasteiger partial charge in [0.15, 0.2) is 0 Å². The summed E-state index contributed by atoms with van der Waals surface area (Å²) in [6.07, 6.45) is 8.83. The summed E-state index contributed by atoms with van der Waals surface area (Å²) in [5.41, 5.74) is 5.25. The molecule has 0 bridgehead atoms. The number of Topliss-reactive ketones (excluding diaryl/α,β-unsaturated/α-hetero) is 1. The number of nitrogens with one attached hydrogen (secondary N) is 3. The van der Waals surface area contributed by atoms with Crippen LogP contribution in [0.4, 0.5) is 4.79 Å². The van der Waals surface area contributed by atoms with Crippen molar-refractivity contribution >= 4 is 35.5 Å². The Bertz CT molecular complexity index is 1180. The Labute approximate surface area is 300 Å². The largest absolute Gasteiger partial charge is 0.460 e. The highest BCUT2D eigenvalue weighted by Gasteiger charge is 2.43. The highest BCUT2D eigenvalue weighted by molar-refractivity contribution is 6.37. The Balaban J connectivity index is 0.00000213. The Hall–Kier alpha value is -3.96. The number of carbonyl (C=O) groups is 6. The van der Waals surface area contributed by atoms with E-state index in [1.807, 2.05) is 58.0 Å². The molecular formula is C38H65N5O7. The number of nitrogens with two attached hydrogens (primary N) is 1. The first kappa shape index (κ1) is 46.0. The minimum absolute atomic E-state index is 0.0665. The van der Waals surface area contributed by atoms with E-state index in [4.69, 9.17) is 10.5 Å². The second kappa shape index (κ2) is 25.1. The molecule has 4 rings (SSSR count). The molecule has 0 aromatic heterocycles. The molecule has 284 valence electrons. The number of ketones is 1. The number of rotatable bonds is 12.